The molecule has 0 saturated carbocycles. The highest BCUT2D eigenvalue weighted by Gasteiger charge is 2.32. The monoisotopic (exact) mass is 251 g/mol. The second kappa shape index (κ2) is 4.88. The van der Waals surface area contributed by atoms with Crippen molar-refractivity contribution in [2.24, 2.45) is 5.92 Å². The van der Waals surface area contributed by atoms with E-state index in [1.807, 2.05) is 12.1 Å². The zero-order chi connectivity index (χ0) is 12.4. The van der Waals surface area contributed by atoms with Gasteiger partial charge in [-0.3, -0.25) is 9.59 Å². The molecule has 1 aliphatic heterocycles. The van der Waals surface area contributed by atoms with E-state index in [0.717, 1.165) is 12.1 Å². The number of hydrogen-bond donors (Lipinski definition) is 0. The molecule has 1 aromatic rings. The van der Waals surface area contributed by atoms with Gasteiger partial charge in [0.15, 0.2) is 0 Å². The summed E-state index contributed by atoms with van der Waals surface area (Å²) in [4.78, 5) is 25.2. The molecule has 0 N–H and O–H groups in total. The molecule has 3 nitrogen and oxygen atoms in total. The summed E-state index contributed by atoms with van der Waals surface area (Å²) in [5.74, 6) is -0.643. The quantitative estimate of drug-likeness (QED) is 0.758. The smallest absolute Gasteiger partial charge is 0.237 e. The second-order valence-corrected chi connectivity index (χ2v) is 4.71. The first-order valence-corrected chi connectivity index (χ1v) is 6.05. The molecule has 0 bridgehead atoms. The van der Waals surface area contributed by atoms with E-state index < -0.39 is 5.92 Å². The highest BCUT2D eigenvalue weighted by molar-refractivity contribution is 6.31. The lowest BCUT2D eigenvalue weighted by Gasteiger charge is -2.31. The van der Waals surface area contributed by atoms with Crippen molar-refractivity contribution in [3.05, 3.63) is 29.3 Å². The number of rotatable bonds is 2. The van der Waals surface area contributed by atoms with E-state index in [9.17, 15) is 9.59 Å². The van der Waals surface area contributed by atoms with Crippen molar-refractivity contribution < 1.29 is 9.59 Å². The molecule has 1 atom stereocenters. The first kappa shape index (κ1) is 12.1. The minimum absolute atomic E-state index is 0.0540. The van der Waals surface area contributed by atoms with Crippen molar-refractivity contribution in [2.45, 2.75) is 19.8 Å². The van der Waals surface area contributed by atoms with E-state index in [1.54, 1.807) is 17.0 Å². The number of amides is 1. The van der Waals surface area contributed by atoms with E-state index in [1.165, 1.54) is 6.92 Å². The van der Waals surface area contributed by atoms with Crippen LogP contribution in [-0.4, -0.2) is 18.2 Å². The van der Waals surface area contributed by atoms with E-state index in [2.05, 4.69) is 0 Å². The number of halogens is 1. The van der Waals surface area contributed by atoms with Crippen molar-refractivity contribution in [3.8, 4) is 0 Å². The molecule has 1 aromatic carbocycles. The zero-order valence-corrected chi connectivity index (χ0v) is 10.4. The van der Waals surface area contributed by atoms with E-state index in [4.69, 9.17) is 11.6 Å². The average molecular weight is 252 g/mol. The molecule has 1 aliphatic rings. The summed E-state index contributed by atoms with van der Waals surface area (Å²) in [5.41, 5.74) is 0.772. The van der Waals surface area contributed by atoms with Gasteiger partial charge in [0.05, 0.1) is 5.92 Å². The standard InChI is InChI=1S/C13H14ClNO2/c1-9(16)12-6-3-7-15(13(12)17)11-5-2-4-10(14)8-11/h2,4-5,8,12H,3,6-7H2,1H3. The van der Waals surface area contributed by atoms with Crippen molar-refractivity contribution in [1.82, 2.24) is 0 Å². The van der Waals surface area contributed by atoms with Crippen LogP contribution in [0.3, 0.4) is 0 Å². The third kappa shape index (κ3) is 2.50. The third-order valence-corrected chi connectivity index (χ3v) is 3.28. The summed E-state index contributed by atoms with van der Waals surface area (Å²) in [7, 11) is 0. The van der Waals surface area contributed by atoms with Crippen molar-refractivity contribution in [1.29, 1.82) is 0 Å². The van der Waals surface area contributed by atoms with Crippen LogP contribution >= 0.6 is 11.6 Å². The van der Waals surface area contributed by atoms with Gasteiger partial charge in [-0.15, -0.1) is 0 Å². The molecule has 1 unspecified atom stereocenters. The van der Waals surface area contributed by atoms with Gasteiger partial charge in [-0.05, 0) is 38.0 Å². The summed E-state index contributed by atoms with van der Waals surface area (Å²) in [5, 5.41) is 0.597. The summed E-state index contributed by atoms with van der Waals surface area (Å²) in [6.45, 7) is 2.13. The Kier molecular flexibility index (Phi) is 3.48. The van der Waals surface area contributed by atoms with Gasteiger partial charge in [-0.25, -0.2) is 0 Å². The van der Waals surface area contributed by atoms with Crippen LogP contribution in [0.15, 0.2) is 24.3 Å². The van der Waals surface area contributed by atoms with Crippen LogP contribution in [0.1, 0.15) is 19.8 Å². The molecule has 0 aliphatic carbocycles. The van der Waals surface area contributed by atoms with Crippen LogP contribution in [0.4, 0.5) is 5.69 Å². The van der Waals surface area contributed by atoms with Crippen LogP contribution in [0.25, 0.3) is 0 Å². The number of hydrogen-bond acceptors (Lipinski definition) is 2. The van der Waals surface area contributed by atoms with Gasteiger partial charge < -0.3 is 4.90 Å². The van der Waals surface area contributed by atoms with Crippen LogP contribution in [-0.2, 0) is 9.59 Å². The van der Waals surface area contributed by atoms with E-state index >= 15 is 0 Å². The number of piperidine rings is 1. The maximum Gasteiger partial charge on any atom is 0.237 e. The number of nitrogens with zero attached hydrogens (tertiary/aromatic N) is 1. The highest BCUT2D eigenvalue weighted by atomic mass is 35.5. The first-order valence-electron chi connectivity index (χ1n) is 5.67. The van der Waals surface area contributed by atoms with Gasteiger partial charge in [0.1, 0.15) is 5.78 Å². The second-order valence-electron chi connectivity index (χ2n) is 4.28. The lowest BCUT2D eigenvalue weighted by molar-refractivity contribution is -0.132. The average Bonchev–Trinajstić information content (AvgIpc) is 2.29. The number of Topliss-reactive ketones (excluding diaryl/α,β-unsaturated/α-hetero) is 1. The maximum atomic E-state index is 12.1. The van der Waals surface area contributed by atoms with Gasteiger partial charge in [0.25, 0.3) is 0 Å². The molecule has 0 spiro atoms. The van der Waals surface area contributed by atoms with Crippen LogP contribution in [0, 0.1) is 5.92 Å². The molecule has 2 rings (SSSR count). The maximum absolute atomic E-state index is 12.1. The molecule has 1 heterocycles. The molecule has 0 radical (unpaired) electrons. The Hall–Kier alpha value is -1.35. The van der Waals surface area contributed by atoms with Crippen LogP contribution in [0.2, 0.25) is 5.02 Å². The molecule has 0 aromatic heterocycles. The topological polar surface area (TPSA) is 37.4 Å². The first-order chi connectivity index (χ1) is 8.09. The molecule has 4 heteroatoms. The van der Waals surface area contributed by atoms with Gasteiger partial charge >= 0.3 is 0 Å². The van der Waals surface area contributed by atoms with Gasteiger partial charge in [-0.2, -0.15) is 0 Å². The predicted molar refractivity (Wildman–Crippen MR) is 67.2 cm³/mol. The number of ketones is 1. The van der Waals surface area contributed by atoms with Crippen molar-refractivity contribution >= 4 is 29.0 Å². The summed E-state index contributed by atoms with van der Waals surface area (Å²) in [6.07, 6.45) is 1.51. The Balaban J connectivity index is 2.27. The Morgan fingerprint density at radius 2 is 2.24 bits per heavy atom. The van der Waals surface area contributed by atoms with Crippen molar-refractivity contribution in [2.75, 3.05) is 11.4 Å². The largest absolute Gasteiger partial charge is 0.312 e. The Bertz CT molecular complexity index is 458. The molecular formula is C13H14ClNO2. The van der Waals surface area contributed by atoms with Crippen LogP contribution < -0.4 is 4.90 Å². The molecule has 90 valence electrons. The normalized spacial score (nSPS) is 20.5. The third-order valence-electron chi connectivity index (χ3n) is 3.05. The summed E-state index contributed by atoms with van der Waals surface area (Å²) < 4.78 is 0. The lowest BCUT2D eigenvalue weighted by Crippen LogP contribution is -2.43. The van der Waals surface area contributed by atoms with Crippen LogP contribution in [0.5, 0.6) is 0 Å². The highest BCUT2D eigenvalue weighted by Crippen LogP contribution is 2.26. The number of anilines is 1. The summed E-state index contributed by atoms with van der Waals surface area (Å²) >= 11 is 5.91. The van der Waals surface area contributed by atoms with Gasteiger partial charge in [-0.1, -0.05) is 17.7 Å². The molecule has 1 amide bonds. The number of carbonyl (C=O) groups excluding carboxylic acids is 2. The Morgan fingerprint density at radius 3 is 2.88 bits per heavy atom. The summed E-state index contributed by atoms with van der Waals surface area (Å²) in [6, 6.07) is 7.17. The molecule has 17 heavy (non-hydrogen) atoms. The fourth-order valence-corrected chi connectivity index (χ4v) is 2.34. The van der Waals surface area contributed by atoms with E-state index in [0.29, 0.717) is 18.0 Å². The molecule has 1 saturated heterocycles. The van der Waals surface area contributed by atoms with Crippen molar-refractivity contribution in [3.63, 3.8) is 0 Å². The minimum atomic E-state index is -0.484. The molecular weight excluding hydrogens is 238 g/mol. The van der Waals surface area contributed by atoms with Gasteiger partial charge in [0.2, 0.25) is 5.91 Å². The zero-order valence-electron chi connectivity index (χ0n) is 9.65. The minimum Gasteiger partial charge on any atom is -0.312 e. The molecule has 1 fully saturated rings. The SMILES string of the molecule is CC(=O)C1CCCN(c2cccc(Cl)c2)C1=O. The Morgan fingerprint density at radius 1 is 1.47 bits per heavy atom. The number of benzene rings is 1. The Labute approximate surface area is 105 Å². The fourth-order valence-electron chi connectivity index (χ4n) is 2.15. The fraction of sp³-hybridized carbons (Fsp3) is 0.385. The van der Waals surface area contributed by atoms with Gasteiger partial charge in [0, 0.05) is 17.3 Å². The number of carbonyl (C=O) groups is 2. The lowest BCUT2D eigenvalue weighted by atomic mass is 9.93. The van der Waals surface area contributed by atoms with E-state index in [-0.39, 0.29) is 11.7 Å². The predicted octanol–water partition coefficient (Wildman–Crippen LogP) is 2.67.